The molecular weight excluding hydrogens is 849 g/mol. The van der Waals surface area contributed by atoms with Gasteiger partial charge in [0.1, 0.15) is 0 Å². The molecular formula is C66H54N4. The predicted octanol–water partition coefficient (Wildman–Crippen LogP) is 17.4. The van der Waals surface area contributed by atoms with Gasteiger partial charge in [-0.2, -0.15) is 0 Å². The van der Waals surface area contributed by atoms with E-state index in [0.29, 0.717) is 0 Å². The van der Waals surface area contributed by atoms with Crippen LogP contribution < -0.4 is 9.80 Å². The van der Waals surface area contributed by atoms with E-state index in [4.69, 9.17) is 0 Å². The molecule has 0 saturated carbocycles. The molecule has 4 aliphatic heterocycles. The molecule has 15 rings (SSSR count). The van der Waals surface area contributed by atoms with E-state index >= 15 is 0 Å². The first-order valence-corrected chi connectivity index (χ1v) is 25.1. The highest BCUT2D eigenvalue weighted by Gasteiger charge is 2.47. The third kappa shape index (κ3) is 4.77. The van der Waals surface area contributed by atoms with Crippen LogP contribution in [0.3, 0.4) is 0 Å². The summed E-state index contributed by atoms with van der Waals surface area (Å²) >= 11 is 0. The van der Waals surface area contributed by atoms with Crippen LogP contribution >= 0.6 is 0 Å². The van der Waals surface area contributed by atoms with Crippen LogP contribution in [0.5, 0.6) is 0 Å². The van der Waals surface area contributed by atoms with Gasteiger partial charge in [-0.1, -0.05) is 165 Å². The number of anilines is 6. The maximum atomic E-state index is 2.60. The van der Waals surface area contributed by atoms with Crippen molar-refractivity contribution in [3.8, 4) is 11.4 Å². The highest BCUT2D eigenvalue weighted by Crippen LogP contribution is 2.63. The highest BCUT2D eigenvalue weighted by atomic mass is 15.2. The van der Waals surface area contributed by atoms with Crippen LogP contribution in [0.2, 0.25) is 0 Å². The van der Waals surface area contributed by atoms with Gasteiger partial charge in [-0.3, -0.25) is 0 Å². The van der Waals surface area contributed by atoms with Crippen LogP contribution in [-0.2, 0) is 21.7 Å². The molecule has 0 fully saturated rings. The van der Waals surface area contributed by atoms with Crippen molar-refractivity contribution >= 4 is 77.7 Å². The Hall–Kier alpha value is -7.82. The number of nitrogens with zero attached hydrogens (tertiary/aromatic N) is 4. The van der Waals surface area contributed by atoms with Crippen molar-refractivity contribution in [2.45, 2.75) is 77.0 Å². The molecule has 6 heterocycles. The van der Waals surface area contributed by atoms with Gasteiger partial charge in [0, 0.05) is 54.6 Å². The van der Waals surface area contributed by atoms with Gasteiger partial charge < -0.3 is 18.9 Å². The average Bonchev–Trinajstić information content (AvgIpc) is 3.85. The Kier molecular flexibility index (Phi) is 7.49. The van der Waals surface area contributed by atoms with E-state index in [1.807, 2.05) is 0 Å². The lowest BCUT2D eigenvalue weighted by molar-refractivity contribution is 0.597. The third-order valence-corrected chi connectivity index (χ3v) is 17.6. The van der Waals surface area contributed by atoms with Crippen LogP contribution in [-0.4, -0.2) is 9.13 Å². The first-order chi connectivity index (χ1) is 33.8. The number of hydrogen-bond acceptors (Lipinski definition) is 2. The van der Waals surface area contributed by atoms with E-state index in [2.05, 4.69) is 256 Å². The zero-order valence-electron chi connectivity index (χ0n) is 41.1. The molecule has 11 aromatic rings. The summed E-state index contributed by atoms with van der Waals surface area (Å²) < 4.78 is 5.08. The van der Waals surface area contributed by atoms with E-state index < -0.39 is 0 Å². The summed E-state index contributed by atoms with van der Waals surface area (Å²) in [5.41, 5.74) is 25.0. The van der Waals surface area contributed by atoms with Gasteiger partial charge in [0.25, 0.3) is 0 Å². The normalized spacial score (nSPS) is 17.0. The van der Waals surface area contributed by atoms with Crippen molar-refractivity contribution < 1.29 is 0 Å². The van der Waals surface area contributed by atoms with Gasteiger partial charge in [-0.25, -0.2) is 0 Å². The van der Waals surface area contributed by atoms with E-state index in [-0.39, 0.29) is 21.7 Å². The maximum Gasteiger partial charge on any atom is 0.0548 e. The van der Waals surface area contributed by atoms with Crippen molar-refractivity contribution in [2.24, 2.45) is 0 Å². The van der Waals surface area contributed by atoms with Crippen molar-refractivity contribution in [1.82, 2.24) is 9.13 Å². The second-order valence-corrected chi connectivity index (χ2v) is 22.6. The first-order valence-electron chi connectivity index (χ1n) is 25.1. The molecule has 0 saturated heterocycles. The van der Waals surface area contributed by atoms with E-state index in [1.165, 1.54) is 122 Å². The molecule has 0 aliphatic carbocycles. The number of hydrogen-bond donors (Lipinski definition) is 0. The Balaban J connectivity index is 1.08. The van der Waals surface area contributed by atoms with Crippen molar-refractivity contribution in [2.75, 3.05) is 9.80 Å². The Morgan fingerprint density at radius 2 is 0.557 bits per heavy atom. The van der Waals surface area contributed by atoms with Gasteiger partial charge in [0.05, 0.1) is 56.2 Å². The average molecular weight is 903 g/mol. The quantitative estimate of drug-likeness (QED) is 0.172. The third-order valence-electron chi connectivity index (χ3n) is 17.6. The molecule has 0 unspecified atom stereocenters. The van der Waals surface area contributed by atoms with Gasteiger partial charge in [-0.05, 0) is 117 Å². The van der Waals surface area contributed by atoms with Crippen molar-refractivity contribution in [1.29, 1.82) is 0 Å². The minimum absolute atomic E-state index is 0.149. The summed E-state index contributed by atoms with van der Waals surface area (Å²) in [5, 5.41) is 4.98. The zero-order chi connectivity index (χ0) is 47.4. The maximum absolute atomic E-state index is 2.60. The number of aromatic nitrogens is 2. The largest absolute Gasteiger partial charge is 0.309 e. The van der Waals surface area contributed by atoms with E-state index in [0.717, 1.165) is 11.4 Å². The van der Waals surface area contributed by atoms with Gasteiger partial charge >= 0.3 is 0 Å². The van der Waals surface area contributed by atoms with Crippen molar-refractivity contribution in [3.63, 3.8) is 0 Å². The van der Waals surface area contributed by atoms with Crippen LogP contribution in [0.25, 0.3) is 55.0 Å². The number of para-hydroxylation sites is 6. The predicted molar refractivity (Wildman–Crippen MR) is 293 cm³/mol. The summed E-state index contributed by atoms with van der Waals surface area (Å²) in [7, 11) is 0. The molecule has 0 radical (unpaired) electrons. The van der Waals surface area contributed by atoms with Crippen LogP contribution in [0.1, 0.15) is 99.9 Å². The standard InChI is InChI=1S/C66H54N4/c1-63(2)45-25-15-17-31-53(45)69-59-35-43-41-33-56-42(34-55(41)67(39-21-11-9-12-22-39)57(43)37-51(59)65(5,6)49-29-19-27-47(63)61(49)69)44-36-60-52(38-58(44)68(56)40-23-13-10-14-24-40)66(7,8)50-30-20-28-48-62(50)70(60)54-32-18-16-26-46(54)64(48,3)4/h9-38H,1-8H3. The Bertz CT molecular complexity index is 3850. The molecule has 0 N–H and O–H groups in total. The molecule has 9 aromatic carbocycles. The Labute approximate surface area is 409 Å². The molecule has 4 nitrogen and oxygen atoms in total. The molecule has 0 bridgehead atoms. The SMILES string of the molecule is CC1(C)c2ccccc2N2c3cc4c5cc6c(cc5n(-c5ccccc5)c4cc3C(C)(C)c3cccc1c32)c1cc2c(cc1n6-c1ccccc1)C(C)(C)c1cccc3c1N2c1ccccc1C3(C)C. The summed E-state index contributed by atoms with van der Waals surface area (Å²) in [6, 6.07) is 69.5. The van der Waals surface area contributed by atoms with Gasteiger partial charge in [0.15, 0.2) is 0 Å². The summed E-state index contributed by atoms with van der Waals surface area (Å²) in [4.78, 5) is 5.21. The fourth-order valence-corrected chi connectivity index (χ4v) is 14.0. The molecule has 338 valence electrons. The van der Waals surface area contributed by atoms with Gasteiger partial charge in [-0.15, -0.1) is 0 Å². The molecule has 0 spiro atoms. The Morgan fingerprint density at radius 1 is 0.257 bits per heavy atom. The lowest BCUT2D eigenvalue weighted by Crippen LogP contribution is -2.38. The van der Waals surface area contributed by atoms with Crippen LogP contribution in [0, 0.1) is 0 Å². The minimum atomic E-state index is -0.260. The summed E-state index contributed by atoms with van der Waals surface area (Å²) in [5.74, 6) is 0. The summed E-state index contributed by atoms with van der Waals surface area (Å²) in [6.45, 7) is 19.3. The topological polar surface area (TPSA) is 16.3 Å². The zero-order valence-corrected chi connectivity index (χ0v) is 41.1. The number of fused-ring (bicyclic) bond motifs is 14. The molecule has 2 aromatic heterocycles. The monoisotopic (exact) mass is 902 g/mol. The molecule has 0 amide bonds. The van der Waals surface area contributed by atoms with Crippen LogP contribution in [0.15, 0.2) is 182 Å². The highest BCUT2D eigenvalue weighted by molar-refractivity contribution is 6.21. The minimum Gasteiger partial charge on any atom is -0.309 e. The number of benzene rings is 9. The van der Waals surface area contributed by atoms with E-state index in [1.54, 1.807) is 0 Å². The molecule has 4 heteroatoms. The smallest absolute Gasteiger partial charge is 0.0548 e. The second kappa shape index (κ2) is 13.1. The Morgan fingerprint density at radius 3 is 0.943 bits per heavy atom. The molecule has 70 heavy (non-hydrogen) atoms. The fraction of sp³-hybridized carbons (Fsp3) is 0.182. The lowest BCUT2D eigenvalue weighted by Gasteiger charge is -2.49. The molecule has 0 atom stereocenters. The van der Waals surface area contributed by atoms with E-state index in [9.17, 15) is 0 Å². The van der Waals surface area contributed by atoms with Crippen LogP contribution in [0.4, 0.5) is 34.1 Å². The fourth-order valence-electron chi connectivity index (χ4n) is 14.0. The van der Waals surface area contributed by atoms with Gasteiger partial charge in [0.2, 0.25) is 0 Å². The second-order valence-electron chi connectivity index (χ2n) is 22.6. The van der Waals surface area contributed by atoms with Crippen molar-refractivity contribution in [3.05, 3.63) is 226 Å². The number of rotatable bonds is 2. The first kappa shape index (κ1) is 40.1. The molecule has 4 aliphatic rings. The lowest BCUT2D eigenvalue weighted by atomic mass is 9.66. The summed E-state index contributed by atoms with van der Waals surface area (Å²) in [6.07, 6.45) is 0.